The van der Waals surface area contributed by atoms with Crippen LogP contribution in [-0.4, -0.2) is 6.29 Å². The van der Waals surface area contributed by atoms with E-state index in [0.717, 1.165) is 32.0 Å². The molecule has 0 spiro atoms. The Morgan fingerprint density at radius 3 is 2.56 bits per heavy atom. The van der Waals surface area contributed by atoms with Crippen LogP contribution < -0.4 is 0 Å². The molecule has 0 bridgehead atoms. The van der Waals surface area contributed by atoms with Gasteiger partial charge in [0.15, 0.2) is 0 Å². The molecule has 0 amide bonds. The number of rotatable bonds is 6. The average molecular weight is 218 g/mol. The summed E-state index contributed by atoms with van der Waals surface area (Å²) in [6, 6.07) is 4.46. The predicted octanol–water partition coefficient (Wildman–Crippen LogP) is 3.78. The summed E-state index contributed by atoms with van der Waals surface area (Å²) in [6.07, 6.45) is 6.07. The molecule has 0 N–H and O–H groups in total. The van der Waals surface area contributed by atoms with Crippen LogP contribution in [0.25, 0.3) is 0 Å². The first kappa shape index (κ1) is 13.0. The van der Waals surface area contributed by atoms with Crippen LogP contribution in [0.4, 0.5) is 0 Å². The maximum atomic E-state index is 10.2. The van der Waals surface area contributed by atoms with Crippen LogP contribution in [0.2, 0.25) is 0 Å². The van der Waals surface area contributed by atoms with Crippen molar-refractivity contribution in [2.45, 2.75) is 52.9 Å². The second kappa shape index (κ2) is 6.47. The standard InChI is InChI=1S/C15H22O/c1-4-15-13(3)12(2)9-10-14(15)8-6-5-7-11-16/h9-11H,4-8H2,1-3H3. The lowest BCUT2D eigenvalue weighted by molar-refractivity contribution is -0.107. The van der Waals surface area contributed by atoms with Crippen molar-refractivity contribution in [2.75, 3.05) is 0 Å². The second-order valence-electron chi connectivity index (χ2n) is 4.41. The van der Waals surface area contributed by atoms with Crippen LogP contribution in [0, 0.1) is 13.8 Å². The third kappa shape index (κ3) is 3.19. The number of hydrogen-bond acceptors (Lipinski definition) is 1. The number of aldehydes is 1. The molecular weight excluding hydrogens is 196 g/mol. The fraction of sp³-hybridized carbons (Fsp3) is 0.533. The SMILES string of the molecule is CCc1c(CCCCC=O)ccc(C)c1C. The van der Waals surface area contributed by atoms with Crippen LogP contribution in [0.3, 0.4) is 0 Å². The molecule has 0 aliphatic heterocycles. The van der Waals surface area contributed by atoms with E-state index in [2.05, 4.69) is 32.9 Å². The Morgan fingerprint density at radius 1 is 1.19 bits per heavy atom. The first-order chi connectivity index (χ1) is 7.70. The van der Waals surface area contributed by atoms with Crippen LogP contribution >= 0.6 is 0 Å². The highest BCUT2D eigenvalue weighted by atomic mass is 16.1. The molecule has 0 saturated heterocycles. The molecule has 16 heavy (non-hydrogen) atoms. The third-order valence-corrected chi connectivity index (χ3v) is 3.34. The smallest absolute Gasteiger partial charge is 0.119 e. The highest BCUT2D eigenvalue weighted by molar-refractivity contribution is 5.49. The van der Waals surface area contributed by atoms with Crippen molar-refractivity contribution in [3.63, 3.8) is 0 Å². The summed E-state index contributed by atoms with van der Waals surface area (Å²) in [7, 11) is 0. The van der Waals surface area contributed by atoms with E-state index in [4.69, 9.17) is 0 Å². The molecule has 0 aliphatic rings. The van der Waals surface area contributed by atoms with Crippen molar-refractivity contribution in [3.8, 4) is 0 Å². The van der Waals surface area contributed by atoms with E-state index in [9.17, 15) is 4.79 Å². The van der Waals surface area contributed by atoms with Crippen LogP contribution in [0.1, 0.15) is 48.4 Å². The molecule has 88 valence electrons. The van der Waals surface area contributed by atoms with Gasteiger partial charge < -0.3 is 4.79 Å². The number of hydrogen-bond donors (Lipinski definition) is 0. The molecular formula is C15H22O. The van der Waals surface area contributed by atoms with Gasteiger partial charge in [-0.3, -0.25) is 0 Å². The first-order valence-electron chi connectivity index (χ1n) is 6.22. The summed E-state index contributed by atoms with van der Waals surface area (Å²) in [4.78, 5) is 10.2. The van der Waals surface area contributed by atoms with Crippen molar-refractivity contribution in [1.29, 1.82) is 0 Å². The van der Waals surface area contributed by atoms with Gasteiger partial charge in [0.1, 0.15) is 6.29 Å². The zero-order valence-corrected chi connectivity index (χ0v) is 10.7. The largest absolute Gasteiger partial charge is 0.303 e. The lowest BCUT2D eigenvalue weighted by Crippen LogP contribution is -1.98. The summed E-state index contributed by atoms with van der Waals surface area (Å²) in [6.45, 7) is 6.60. The van der Waals surface area contributed by atoms with Gasteiger partial charge in [0, 0.05) is 6.42 Å². The Morgan fingerprint density at radius 2 is 1.94 bits per heavy atom. The van der Waals surface area contributed by atoms with Gasteiger partial charge in [0.05, 0.1) is 0 Å². The summed E-state index contributed by atoms with van der Waals surface area (Å²) in [5, 5.41) is 0. The van der Waals surface area contributed by atoms with E-state index in [0.29, 0.717) is 6.42 Å². The Hall–Kier alpha value is -1.11. The lowest BCUT2D eigenvalue weighted by atomic mass is 9.93. The van der Waals surface area contributed by atoms with Gasteiger partial charge in [-0.05, 0) is 61.8 Å². The first-order valence-corrected chi connectivity index (χ1v) is 6.22. The summed E-state index contributed by atoms with van der Waals surface area (Å²) < 4.78 is 0. The molecule has 0 aliphatic carbocycles. The maximum Gasteiger partial charge on any atom is 0.119 e. The fourth-order valence-corrected chi connectivity index (χ4v) is 2.20. The number of carbonyl (C=O) groups excluding carboxylic acids is 1. The fourth-order valence-electron chi connectivity index (χ4n) is 2.20. The minimum Gasteiger partial charge on any atom is -0.303 e. The molecule has 0 unspecified atom stereocenters. The normalized spacial score (nSPS) is 10.4. The van der Waals surface area contributed by atoms with Gasteiger partial charge in [-0.15, -0.1) is 0 Å². The third-order valence-electron chi connectivity index (χ3n) is 3.34. The zero-order chi connectivity index (χ0) is 12.0. The minimum absolute atomic E-state index is 0.701. The van der Waals surface area contributed by atoms with E-state index in [1.807, 2.05) is 0 Å². The summed E-state index contributed by atoms with van der Waals surface area (Å²) >= 11 is 0. The highest BCUT2D eigenvalue weighted by Gasteiger charge is 2.05. The summed E-state index contributed by atoms with van der Waals surface area (Å²) in [5.41, 5.74) is 5.80. The van der Waals surface area contributed by atoms with Crippen LogP contribution in [0.5, 0.6) is 0 Å². The van der Waals surface area contributed by atoms with Crippen molar-refractivity contribution < 1.29 is 4.79 Å². The maximum absolute atomic E-state index is 10.2. The van der Waals surface area contributed by atoms with Gasteiger partial charge >= 0.3 is 0 Å². The topological polar surface area (TPSA) is 17.1 Å². The van der Waals surface area contributed by atoms with E-state index >= 15 is 0 Å². The molecule has 1 rings (SSSR count). The van der Waals surface area contributed by atoms with Crippen molar-refractivity contribution in [3.05, 3.63) is 34.4 Å². The summed E-state index contributed by atoms with van der Waals surface area (Å²) in [5.74, 6) is 0. The molecule has 1 aromatic rings. The van der Waals surface area contributed by atoms with Gasteiger partial charge in [-0.2, -0.15) is 0 Å². The van der Waals surface area contributed by atoms with Gasteiger partial charge in [0.2, 0.25) is 0 Å². The van der Waals surface area contributed by atoms with Crippen molar-refractivity contribution in [2.24, 2.45) is 0 Å². The van der Waals surface area contributed by atoms with Gasteiger partial charge in [-0.1, -0.05) is 19.1 Å². The lowest BCUT2D eigenvalue weighted by Gasteiger charge is -2.13. The van der Waals surface area contributed by atoms with Crippen molar-refractivity contribution in [1.82, 2.24) is 0 Å². The predicted molar refractivity (Wildman–Crippen MR) is 68.9 cm³/mol. The van der Waals surface area contributed by atoms with E-state index < -0.39 is 0 Å². The van der Waals surface area contributed by atoms with E-state index in [-0.39, 0.29) is 0 Å². The molecule has 1 heteroatoms. The number of carbonyl (C=O) groups is 1. The van der Waals surface area contributed by atoms with Crippen LogP contribution in [0.15, 0.2) is 12.1 Å². The monoisotopic (exact) mass is 218 g/mol. The van der Waals surface area contributed by atoms with Crippen molar-refractivity contribution >= 4 is 6.29 Å². The molecule has 0 aromatic heterocycles. The van der Waals surface area contributed by atoms with E-state index in [1.54, 1.807) is 0 Å². The van der Waals surface area contributed by atoms with Crippen LogP contribution in [-0.2, 0) is 17.6 Å². The Labute approximate surface area is 98.9 Å². The van der Waals surface area contributed by atoms with Gasteiger partial charge in [0.25, 0.3) is 0 Å². The quantitative estimate of drug-likeness (QED) is 0.524. The molecule has 0 heterocycles. The Kier molecular flexibility index (Phi) is 5.24. The molecule has 1 aromatic carbocycles. The molecule has 1 nitrogen and oxygen atoms in total. The number of aryl methyl sites for hydroxylation is 2. The molecule has 0 fully saturated rings. The Bertz CT molecular complexity index is 353. The molecule has 0 saturated carbocycles. The highest BCUT2D eigenvalue weighted by Crippen LogP contribution is 2.20. The zero-order valence-electron chi connectivity index (χ0n) is 10.7. The minimum atomic E-state index is 0.701. The second-order valence-corrected chi connectivity index (χ2v) is 4.41. The molecule has 0 radical (unpaired) electrons. The number of benzene rings is 1. The molecule has 0 atom stereocenters. The van der Waals surface area contributed by atoms with E-state index in [1.165, 1.54) is 22.3 Å². The Balaban J connectivity index is 2.72. The average Bonchev–Trinajstić information content (AvgIpc) is 2.29. The van der Waals surface area contributed by atoms with Gasteiger partial charge in [-0.25, -0.2) is 0 Å². The number of unbranched alkanes of at least 4 members (excludes halogenated alkanes) is 2.